The summed E-state index contributed by atoms with van der Waals surface area (Å²) in [6.07, 6.45) is 0. The van der Waals surface area contributed by atoms with E-state index in [1.165, 1.54) is 12.5 Å². The Balaban J connectivity index is 2.36. The number of rotatable bonds is 3. The van der Waals surface area contributed by atoms with Crippen molar-refractivity contribution in [2.45, 2.75) is 13.8 Å². The van der Waals surface area contributed by atoms with Gasteiger partial charge in [-0.05, 0) is 44.2 Å². The summed E-state index contributed by atoms with van der Waals surface area (Å²) in [5.74, 6) is 0.0199. The third-order valence-corrected chi connectivity index (χ3v) is 3.44. The summed E-state index contributed by atoms with van der Waals surface area (Å²) in [5.41, 5.74) is 3.79. The average molecular weight is 274 g/mol. The predicted molar refractivity (Wildman–Crippen MR) is 80.7 cm³/mol. The molecule has 2 aromatic rings. The summed E-state index contributed by atoms with van der Waals surface area (Å²) in [5, 5.41) is 0.579. The highest BCUT2D eigenvalue weighted by molar-refractivity contribution is 6.33. The second kappa shape index (κ2) is 5.45. The van der Waals surface area contributed by atoms with Crippen molar-refractivity contribution in [3.05, 3.63) is 58.6 Å². The van der Waals surface area contributed by atoms with Gasteiger partial charge in [-0.1, -0.05) is 29.3 Å². The minimum Gasteiger partial charge on any atom is -0.343 e. The first kappa shape index (κ1) is 13.6. The van der Waals surface area contributed by atoms with Gasteiger partial charge in [-0.3, -0.25) is 4.79 Å². The van der Waals surface area contributed by atoms with Crippen molar-refractivity contribution in [3.8, 4) is 0 Å². The van der Waals surface area contributed by atoms with Crippen LogP contribution in [0, 0.1) is 6.92 Å². The molecule has 0 saturated carbocycles. The zero-order chi connectivity index (χ0) is 14.0. The standard InChI is InChI=1S/C16H16ClNO/c1-11-4-7-14(8-5-11)18(3)16-9-6-13(12(2)19)10-15(16)17/h4-10H,1-3H3. The SMILES string of the molecule is CC(=O)c1ccc(N(C)c2ccc(C)cc2)c(Cl)c1. The molecule has 0 amide bonds. The zero-order valence-corrected chi connectivity index (χ0v) is 12.0. The summed E-state index contributed by atoms with van der Waals surface area (Å²) in [7, 11) is 1.96. The fourth-order valence-electron chi connectivity index (χ4n) is 1.91. The number of halogens is 1. The van der Waals surface area contributed by atoms with Gasteiger partial charge in [-0.2, -0.15) is 0 Å². The van der Waals surface area contributed by atoms with Crippen molar-refractivity contribution in [1.29, 1.82) is 0 Å². The van der Waals surface area contributed by atoms with E-state index in [2.05, 4.69) is 19.1 Å². The van der Waals surface area contributed by atoms with Gasteiger partial charge in [0.1, 0.15) is 0 Å². The molecule has 2 nitrogen and oxygen atoms in total. The fraction of sp³-hybridized carbons (Fsp3) is 0.188. The molecule has 98 valence electrons. The van der Waals surface area contributed by atoms with Gasteiger partial charge in [-0.15, -0.1) is 0 Å². The van der Waals surface area contributed by atoms with E-state index in [1.54, 1.807) is 12.1 Å². The molecule has 0 aliphatic carbocycles. The van der Waals surface area contributed by atoms with Crippen LogP contribution >= 0.6 is 11.6 Å². The third-order valence-electron chi connectivity index (χ3n) is 3.14. The monoisotopic (exact) mass is 273 g/mol. The Morgan fingerprint density at radius 3 is 2.26 bits per heavy atom. The molecule has 0 aliphatic rings. The Morgan fingerprint density at radius 1 is 1.11 bits per heavy atom. The highest BCUT2D eigenvalue weighted by atomic mass is 35.5. The van der Waals surface area contributed by atoms with Crippen molar-refractivity contribution in [2.24, 2.45) is 0 Å². The number of anilines is 2. The lowest BCUT2D eigenvalue weighted by Crippen LogP contribution is -2.10. The van der Waals surface area contributed by atoms with Gasteiger partial charge >= 0.3 is 0 Å². The van der Waals surface area contributed by atoms with Crippen LogP contribution in [0.3, 0.4) is 0 Å². The van der Waals surface area contributed by atoms with E-state index >= 15 is 0 Å². The van der Waals surface area contributed by atoms with Crippen molar-refractivity contribution in [3.63, 3.8) is 0 Å². The van der Waals surface area contributed by atoms with Gasteiger partial charge in [0, 0.05) is 18.3 Å². The van der Waals surface area contributed by atoms with E-state index in [-0.39, 0.29) is 5.78 Å². The van der Waals surface area contributed by atoms with E-state index in [0.717, 1.165) is 11.4 Å². The molecule has 0 bridgehead atoms. The minimum atomic E-state index is 0.0199. The lowest BCUT2D eigenvalue weighted by atomic mass is 10.1. The Kier molecular flexibility index (Phi) is 3.91. The fourth-order valence-corrected chi connectivity index (χ4v) is 2.21. The molecule has 0 unspecified atom stereocenters. The van der Waals surface area contributed by atoms with Crippen molar-refractivity contribution in [2.75, 3.05) is 11.9 Å². The molecule has 0 heterocycles. The van der Waals surface area contributed by atoms with Gasteiger partial charge in [0.2, 0.25) is 0 Å². The average Bonchev–Trinajstić information content (AvgIpc) is 2.38. The summed E-state index contributed by atoms with van der Waals surface area (Å²) in [4.78, 5) is 13.3. The molecule has 0 spiro atoms. The van der Waals surface area contributed by atoms with Crippen LogP contribution in [0.2, 0.25) is 5.02 Å². The summed E-state index contributed by atoms with van der Waals surface area (Å²) in [6.45, 7) is 3.59. The quantitative estimate of drug-likeness (QED) is 0.761. The number of hydrogen-bond donors (Lipinski definition) is 0. The molecule has 2 rings (SSSR count). The second-order valence-corrected chi connectivity index (χ2v) is 5.02. The Bertz CT molecular complexity index is 605. The maximum Gasteiger partial charge on any atom is 0.159 e. The van der Waals surface area contributed by atoms with Gasteiger partial charge < -0.3 is 4.90 Å². The summed E-state index contributed by atoms with van der Waals surface area (Å²) < 4.78 is 0. The Labute approximate surface area is 118 Å². The lowest BCUT2D eigenvalue weighted by Gasteiger charge is -2.21. The highest BCUT2D eigenvalue weighted by Gasteiger charge is 2.10. The van der Waals surface area contributed by atoms with E-state index in [9.17, 15) is 4.79 Å². The number of carbonyl (C=O) groups excluding carboxylic acids is 1. The molecule has 2 aromatic carbocycles. The van der Waals surface area contributed by atoms with Crippen LogP contribution in [0.5, 0.6) is 0 Å². The molecule has 0 aliphatic heterocycles. The van der Waals surface area contributed by atoms with E-state index in [4.69, 9.17) is 11.6 Å². The minimum absolute atomic E-state index is 0.0199. The van der Waals surface area contributed by atoms with Crippen LogP contribution in [-0.2, 0) is 0 Å². The molecule has 0 radical (unpaired) electrons. The molecular formula is C16H16ClNO. The van der Waals surface area contributed by atoms with Gasteiger partial charge in [0.25, 0.3) is 0 Å². The van der Waals surface area contributed by atoms with Gasteiger partial charge in [0.15, 0.2) is 5.78 Å². The van der Waals surface area contributed by atoms with Crippen molar-refractivity contribution >= 4 is 28.8 Å². The number of benzene rings is 2. The lowest BCUT2D eigenvalue weighted by molar-refractivity contribution is 0.101. The molecule has 0 N–H and O–H groups in total. The van der Waals surface area contributed by atoms with Crippen molar-refractivity contribution < 1.29 is 4.79 Å². The number of Topliss-reactive ketones (excluding diaryl/α,β-unsaturated/α-hetero) is 1. The maximum atomic E-state index is 11.3. The molecule has 0 aromatic heterocycles. The normalized spacial score (nSPS) is 10.3. The predicted octanol–water partition coefficient (Wildman–Crippen LogP) is 4.62. The topological polar surface area (TPSA) is 20.3 Å². The molecule has 0 fully saturated rings. The van der Waals surface area contributed by atoms with Crippen molar-refractivity contribution in [1.82, 2.24) is 0 Å². The first-order valence-corrected chi connectivity index (χ1v) is 6.47. The van der Waals surface area contributed by atoms with Crippen LogP contribution in [0.15, 0.2) is 42.5 Å². The Morgan fingerprint density at radius 2 is 1.74 bits per heavy atom. The highest BCUT2D eigenvalue weighted by Crippen LogP contribution is 2.31. The molecule has 19 heavy (non-hydrogen) atoms. The second-order valence-electron chi connectivity index (χ2n) is 4.62. The number of aryl methyl sites for hydroxylation is 1. The van der Waals surface area contributed by atoms with Crippen LogP contribution in [0.25, 0.3) is 0 Å². The molecule has 3 heteroatoms. The van der Waals surface area contributed by atoms with Crippen LogP contribution < -0.4 is 4.90 Å². The van der Waals surface area contributed by atoms with E-state index in [1.807, 2.05) is 30.1 Å². The Hall–Kier alpha value is -1.80. The molecular weight excluding hydrogens is 258 g/mol. The van der Waals surface area contributed by atoms with Crippen LogP contribution in [-0.4, -0.2) is 12.8 Å². The third kappa shape index (κ3) is 2.96. The largest absolute Gasteiger partial charge is 0.343 e. The number of ketones is 1. The number of nitrogens with zero attached hydrogens (tertiary/aromatic N) is 1. The maximum absolute atomic E-state index is 11.3. The van der Waals surface area contributed by atoms with Gasteiger partial charge in [0.05, 0.1) is 10.7 Å². The first-order chi connectivity index (χ1) is 8.99. The van der Waals surface area contributed by atoms with Gasteiger partial charge in [-0.25, -0.2) is 0 Å². The molecule has 0 saturated heterocycles. The summed E-state index contributed by atoms with van der Waals surface area (Å²) >= 11 is 6.26. The number of carbonyl (C=O) groups is 1. The van der Waals surface area contributed by atoms with E-state index in [0.29, 0.717) is 10.6 Å². The number of hydrogen-bond acceptors (Lipinski definition) is 2. The van der Waals surface area contributed by atoms with Crippen LogP contribution in [0.1, 0.15) is 22.8 Å². The summed E-state index contributed by atoms with van der Waals surface area (Å²) in [6, 6.07) is 13.6. The first-order valence-electron chi connectivity index (χ1n) is 6.10. The smallest absolute Gasteiger partial charge is 0.159 e. The zero-order valence-electron chi connectivity index (χ0n) is 11.3. The van der Waals surface area contributed by atoms with Crippen LogP contribution in [0.4, 0.5) is 11.4 Å². The van der Waals surface area contributed by atoms with E-state index < -0.39 is 0 Å². The molecule has 0 atom stereocenters.